The van der Waals surface area contributed by atoms with Crippen LogP contribution in [-0.2, 0) is 6.42 Å². The number of methoxy groups -OCH3 is 1. The Labute approximate surface area is 114 Å². The lowest BCUT2D eigenvalue weighted by molar-refractivity contribution is 0.402. The zero-order valence-corrected chi connectivity index (χ0v) is 11.5. The number of pyridine rings is 1. The molecule has 2 rings (SSSR count). The molecule has 100 valence electrons. The lowest BCUT2D eigenvalue weighted by atomic mass is 10.1. The molecule has 1 atom stereocenters. The van der Waals surface area contributed by atoms with Crippen LogP contribution in [0.4, 0.5) is 0 Å². The molecule has 19 heavy (non-hydrogen) atoms. The third-order valence-electron chi connectivity index (χ3n) is 3.22. The van der Waals surface area contributed by atoms with Gasteiger partial charge in [0.15, 0.2) is 0 Å². The summed E-state index contributed by atoms with van der Waals surface area (Å²) < 4.78 is 5.38. The molecule has 0 unspecified atom stereocenters. The van der Waals surface area contributed by atoms with E-state index in [0.717, 1.165) is 18.7 Å². The molecule has 0 radical (unpaired) electrons. The van der Waals surface area contributed by atoms with Crippen LogP contribution in [0.1, 0.15) is 24.1 Å². The molecule has 0 amide bonds. The second kappa shape index (κ2) is 6.90. The van der Waals surface area contributed by atoms with Gasteiger partial charge in [-0.15, -0.1) is 0 Å². The van der Waals surface area contributed by atoms with Crippen molar-refractivity contribution in [3.8, 4) is 5.75 Å². The summed E-state index contributed by atoms with van der Waals surface area (Å²) in [6.45, 7) is 3.09. The minimum atomic E-state index is 0.276. The largest absolute Gasteiger partial charge is 0.496 e. The molecule has 3 nitrogen and oxygen atoms in total. The monoisotopic (exact) mass is 256 g/mol. The van der Waals surface area contributed by atoms with Gasteiger partial charge in [-0.05, 0) is 43.7 Å². The lowest BCUT2D eigenvalue weighted by Crippen LogP contribution is -2.21. The molecule has 0 fully saturated rings. The highest BCUT2D eigenvalue weighted by Crippen LogP contribution is 2.24. The van der Waals surface area contributed by atoms with Crippen molar-refractivity contribution in [2.75, 3.05) is 13.7 Å². The molecular formula is C16H20N2O. The summed E-state index contributed by atoms with van der Waals surface area (Å²) in [5.41, 5.74) is 2.49. The summed E-state index contributed by atoms with van der Waals surface area (Å²) in [5.74, 6) is 0.936. The number of ether oxygens (including phenoxy) is 1. The quantitative estimate of drug-likeness (QED) is 0.862. The van der Waals surface area contributed by atoms with Gasteiger partial charge >= 0.3 is 0 Å². The molecule has 0 bridgehead atoms. The molecule has 1 aromatic carbocycles. The van der Waals surface area contributed by atoms with E-state index < -0.39 is 0 Å². The van der Waals surface area contributed by atoms with E-state index in [1.54, 1.807) is 7.11 Å². The average Bonchev–Trinajstić information content (AvgIpc) is 2.48. The zero-order valence-electron chi connectivity index (χ0n) is 11.5. The Morgan fingerprint density at radius 1 is 1.16 bits per heavy atom. The van der Waals surface area contributed by atoms with Crippen LogP contribution < -0.4 is 10.1 Å². The fourth-order valence-corrected chi connectivity index (χ4v) is 2.12. The van der Waals surface area contributed by atoms with E-state index in [2.05, 4.69) is 35.4 Å². The van der Waals surface area contributed by atoms with Gasteiger partial charge in [-0.25, -0.2) is 0 Å². The zero-order chi connectivity index (χ0) is 13.5. The molecule has 1 heterocycles. The van der Waals surface area contributed by atoms with Gasteiger partial charge in [-0.1, -0.05) is 18.2 Å². The predicted octanol–water partition coefficient (Wildman–Crippen LogP) is 2.98. The third-order valence-corrected chi connectivity index (χ3v) is 3.22. The Morgan fingerprint density at radius 2 is 1.89 bits per heavy atom. The van der Waals surface area contributed by atoms with Gasteiger partial charge in [-0.2, -0.15) is 0 Å². The van der Waals surface area contributed by atoms with Crippen molar-refractivity contribution in [1.29, 1.82) is 0 Å². The van der Waals surface area contributed by atoms with Gasteiger partial charge in [0.1, 0.15) is 5.75 Å². The van der Waals surface area contributed by atoms with Crippen molar-refractivity contribution in [3.05, 3.63) is 59.9 Å². The predicted molar refractivity (Wildman–Crippen MR) is 77.4 cm³/mol. The van der Waals surface area contributed by atoms with Crippen molar-refractivity contribution >= 4 is 0 Å². The van der Waals surface area contributed by atoms with Gasteiger partial charge < -0.3 is 10.1 Å². The fourth-order valence-electron chi connectivity index (χ4n) is 2.12. The second-order valence-electron chi connectivity index (χ2n) is 4.52. The fraction of sp³-hybridized carbons (Fsp3) is 0.312. The third kappa shape index (κ3) is 3.80. The Hall–Kier alpha value is -1.87. The molecule has 3 heteroatoms. The van der Waals surface area contributed by atoms with Gasteiger partial charge in [-0.3, -0.25) is 4.98 Å². The van der Waals surface area contributed by atoms with E-state index in [9.17, 15) is 0 Å². The molecule has 0 aliphatic carbocycles. The molecule has 1 N–H and O–H groups in total. The standard InChI is InChI=1S/C16H20N2O/c1-13(15-5-3-4-6-16(15)19-2)18-12-9-14-7-10-17-11-8-14/h3-8,10-11,13,18H,9,12H2,1-2H3/t13-/m0/s1. The number of benzene rings is 1. The average molecular weight is 256 g/mol. The summed E-state index contributed by atoms with van der Waals surface area (Å²) >= 11 is 0. The van der Waals surface area contributed by atoms with Crippen LogP contribution in [-0.4, -0.2) is 18.6 Å². The normalized spacial score (nSPS) is 12.1. The molecule has 0 saturated heterocycles. The van der Waals surface area contributed by atoms with Crippen LogP contribution in [0.5, 0.6) is 5.75 Å². The van der Waals surface area contributed by atoms with Crippen molar-refractivity contribution in [1.82, 2.24) is 10.3 Å². The van der Waals surface area contributed by atoms with Gasteiger partial charge in [0.2, 0.25) is 0 Å². The van der Waals surface area contributed by atoms with Crippen LogP contribution in [0.3, 0.4) is 0 Å². The van der Waals surface area contributed by atoms with E-state index in [-0.39, 0.29) is 6.04 Å². The molecule has 2 aromatic rings. The molecule has 1 aromatic heterocycles. The summed E-state index contributed by atoms with van der Waals surface area (Å²) in [6.07, 6.45) is 4.67. The molecular weight excluding hydrogens is 236 g/mol. The van der Waals surface area contributed by atoms with Gasteiger partial charge in [0.25, 0.3) is 0 Å². The summed E-state index contributed by atoms with van der Waals surface area (Å²) in [7, 11) is 1.71. The van der Waals surface area contributed by atoms with E-state index in [4.69, 9.17) is 4.74 Å². The van der Waals surface area contributed by atoms with Crippen LogP contribution in [0.25, 0.3) is 0 Å². The van der Waals surface area contributed by atoms with Crippen molar-refractivity contribution < 1.29 is 4.74 Å². The Bertz CT molecular complexity index is 499. The number of para-hydroxylation sites is 1. The maximum absolute atomic E-state index is 5.38. The summed E-state index contributed by atoms with van der Waals surface area (Å²) in [4.78, 5) is 4.02. The van der Waals surface area contributed by atoms with E-state index in [0.29, 0.717) is 0 Å². The maximum atomic E-state index is 5.38. The highest BCUT2D eigenvalue weighted by Gasteiger charge is 2.09. The second-order valence-corrected chi connectivity index (χ2v) is 4.52. The minimum Gasteiger partial charge on any atom is -0.496 e. The maximum Gasteiger partial charge on any atom is 0.123 e. The summed E-state index contributed by atoms with van der Waals surface area (Å²) in [5, 5.41) is 3.52. The molecule has 0 spiro atoms. The SMILES string of the molecule is COc1ccccc1[C@H](C)NCCc1ccncc1. The van der Waals surface area contributed by atoms with Crippen molar-refractivity contribution in [2.45, 2.75) is 19.4 Å². The lowest BCUT2D eigenvalue weighted by Gasteiger charge is -2.17. The first-order valence-electron chi connectivity index (χ1n) is 6.56. The number of nitrogens with one attached hydrogen (secondary N) is 1. The van der Waals surface area contributed by atoms with Crippen LogP contribution in [0, 0.1) is 0 Å². The van der Waals surface area contributed by atoms with Crippen LogP contribution in [0.15, 0.2) is 48.8 Å². The van der Waals surface area contributed by atoms with Gasteiger partial charge in [0, 0.05) is 24.0 Å². The van der Waals surface area contributed by atoms with E-state index in [1.165, 1.54) is 11.1 Å². The number of hydrogen-bond donors (Lipinski definition) is 1. The van der Waals surface area contributed by atoms with Crippen LogP contribution in [0.2, 0.25) is 0 Å². The first-order chi connectivity index (χ1) is 9.31. The Kier molecular flexibility index (Phi) is 4.93. The van der Waals surface area contributed by atoms with E-state index in [1.807, 2.05) is 30.6 Å². The minimum absolute atomic E-state index is 0.276. The first kappa shape index (κ1) is 13.6. The number of rotatable bonds is 6. The van der Waals surface area contributed by atoms with Crippen molar-refractivity contribution in [2.24, 2.45) is 0 Å². The number of aromatic nitrogens is 1. The molecule has 0 saturated carbocycles. The molecule has 0 aliphatic rings. The Morgan fingerprint density at radius 3 is 2.63 bits per heavy atom. The van der Waals surface area contributed by atoms with E-state index >= 15 is 0 Å². The number of nitrogens with zero attached hydrogens (tertiary/aromatic N) is 1. The molecule has 0 aliphatic heterocycles. The smallest absolute Gasteiger partial charge is 0.123 e. The van der Waals surface area contributed by atoms with Crippen molar-refractivity contribution in [3.63, 3.8) is 0 Å². The highest BCUT2D eigenvalue weighted by atomic mass is 16.5. The Balaban J connectivity index is 1.89. The highest BCUT2D eigenvalue weighted by molar-refractivity contribution is 5.35. The summed E-state index contributed by atoms with van der Waals surface area (Å²) in [6, 6.07) is 12.5. The number of hydrogen-bond acceptors (Lipinski definition) is 3. The van der Waals surface area contributed by atoms with Gasteiger partial charge in [0.05, 0.1) is 7.11 Å². The topological polar surface area (TPSA) is 34.1 Å². The first-order valence-corrected chi connectivity index (χ1v) is 6.56. The van der Waals surface area contributed by atoms with Crippen LogP contribution >= 0.6 is 0 Å².